The Labute approximate surface area is 129 Å². The molecule has 1 saturated heterocycles. The van der Waals surface area contributed by atoms with Gasteiger partial charge in [-0.25, -0.2) is 9.37 Å². The second-order valence-corrected chi connectivity index (χ2v) is 5.43. The van der Waals surface area contributed by atoms with E-state index >= 15 is 0 Å². The van der Waals surface area contributed by atoms with Crippen LogP contribution in [0.15, 0.2) is 30.5 Å². The second kappa shape index (κ2) is 6.13. The molecule has 22 heavy (non-hydrogen) atoms. The minimum Gasteiger partial charge on any atom is -0.361 e. The molecule has 0 aliphatic carbocycles. The van der Waals surface area contributed by atoms with Crippen molar-refractivity contribution in [3.05, 3.63) is 36.3 Å². The van der Waals surface area contributed by atoms with Crippen molar-refractivity contribution in [3.63, 3.8) is 0 Å². The average molecular weight is 302 g/mol. The zero-order chi connectivity index (χ0) is 15.5. The van der Waals surface area contributed by atoms with Crippen LogP contribution in [0.4, 0.5) is 21.8 Å². The fourth-order valence-corrected chi connectivity index (χ4v) is 2.48. The van der Waals surface area contributed by atoms with E-state index in [0.717, 1.165) is 24.7 Å². The molecule has 0 amide bonds. The zero-order valence-electron chi connectivity index (χ0n) is 12.8. The first kappa shape index (κ1) is 14.5. The molecule has 3 heterocycles. The monoisotopic (exact) mass is 302 g/mol. The Balaban J connectivity index is 1.65. The van der Waals surface area contributed by atoms with Gasteiger partial charge in [-0.1, -0.05) is 0 Å². The third-order valence-corrected chi connectivity index (χ3v) is 3.74. The molecule has 0 atom stereocenters. The van der Waals surface area contributed by atoms with Crippen molar-refractivity contribution in [1.82, 2.24) is 15.2 Å². The highest BCUT2D eigenvalue weighted by molar-refractivity contribution is 5.47. The summed E-state index contributed by atoms with van der Waals surface area (Å²) >= 11 is 0. The highest BCUT2D eigenvalue weighted by Gasteiger charge is 2.21. The summed E-state index contributed by atoms with van der Waals surface area (Å²) in [6, 6.07) is 6.98. The average Bonchev–Trinajstić information content (AvgIpc) is 2.56. The fraction of sp³-hybridized carbons (Fsp3) is 0.400. The molecule has 0 radical (unpaired) electrons. The van der Waals surface area contributed by atoms with Gasteiger partial charge in [-0.2, -0.15) is 0 Å². The topological polar surface area (TPSA) is 48.4 Å². The maximum absolute atomic E-state index is 13.8. The first-order chi connectivity index (χ1) is 10.6. The van der Waals surface area contributed by atoms with Crippen LogP contribution in [0.1, 0.15) is 0 Å². The van der Waals surface area contributed by atoms with Crippen LogP contribution in [-0.4, -0.2) is 55.5 Å². The van der Waals surface area contributed by atoms with Gasteiger partial charge in [-0.15, -0.1) is 10.2 Å². The molecule has 0 aromatic carbocycles. The summed E-state index contributed by atoms with van der Waals surface area (Å²) in [5.41, 5.74) is 0. The van der Waals surface area contributed by atoms with Gasteiger partial charge in [0.15, 0.2) is 23.3 Å². The van der Waals surface area contributed by atoms with Crippen molar-refractivity contribution in [2.24, 2.45) is 0 Å². The minimum absolute atomic E-state index is 0.272. The van der Waals surface area contributed by atoms with Crippen LogP contribution in [-0.2, 0) is 0 Å². The van der Waals surface area contributed by atoms with E-state index in [1.807, 2.05) is 36.0 Å². The first-order valence-corrected chi connectivity index (χ1v) is 7.26. The molecule has 1 aliphatic heterocycles. The Morgan fingerprint density at radius 2 is 1.73 bits per heavy atom. The Hall–Kier alpha value is -2.44. The van der Waals surface area contributed by atoms with Gasteiger partial charge >= 0.3 is 0 Å². The van der Waals surface area contributed by atoms with E-state index in [2.05, 4.69) is 20.1 Å². The molecule has 3 rings (SSSR count). The largest absolute Gasteiger partial charge is 0.361 e. The van der Waals surface area contributed by atoms with Crippen LogP contribution in [0, 0.1) is 5.82 Å². The molecular weight excluding hydrogens is 283 g/mol. The smallest absolute Gasteiger partial charge is 0.165 e. The summed E-state index contributed by atoms with van der Waals surface area (Å²) in [5.74, 6) is 1.84. The van der Waals surface area contributed by atoms with Gasteiger partial charge < -0.3 is 14.7 Å². The summed E-state index contributed by atoms with van der Waals surface area (Å²) in [6.45, 7) is 2.97. The highest BCUT2D eigenvalue weighted by atomic mass is 19.1. The SMILES string of the molecule is CN(C)c1ccc(N2CCN(c3ncccc3F)CC2)nn1. The predicted molar refractivity (Wildman–Crippen MR) is 85.0 cm³/mol. The third-order valence-electron chi connectivity index (χ3n) is 3.74. The van der Waals surface area contributed by atoms with Crippen LogP contribution < -0.4 is 14.7 Å². The van der Waals surface area contributed by atoms with Crippen molar-refractivity contribution in [1.29, 1.82) is 0 Å². The van der Waals surface area contributed by atoms with Crippen LogP contribution in [0.5, 0.6) is 0 Å². The van der Waals surface area contributed by atoms with Gasteiger partial charge in [-0.3, -0.25) is 0 Å². The lowest BCUT2D eigenvalue weighted by Gasteiger charge is -2.35. The molecular formula is C15H19FN6. The highest BCUT2D eigenvalue weighted by Crippen LogP contribution is 2.20. The Bertz CT molecular complexity index is 622. The van der Waals surface area contributed by atoms with Crippen molar-refractivity contribution in [2.45, 2.75) is 0 Å². The number of hydrogen-bond acceptors (Lipinski definition) is 6. The van der Waals surface area contributed by atoms with Crippen molar-refractivity contribution in [3.8, 4) is 0 Å². The number of aromatic nitrogens is 3. The summed E-state index contributed by atoms with van der Waals surface area (Å²) in [7, 11) is 3.87. The van der Waals surface area contributed by atoms with Gasteiger partial charge in [0, 0.05) is 46.5 Å². The normalized spacial score (nSPS) is 15.0. The molecule has 2 aromatic heterocycles. The lowest BCUT2D eigenvalue weighted by molar-refractivity contribution is 0.586. The number of halogens is 1. The number of pyridine rings is 1. The van der Waals surface area contributed by atoms with Crippen LogP contribution in [0.3, 0.4) is 0 Å². The number of hydrogen-bond donors (Lipinski definition) is 0. The van der Waals surface area contributed by atoms with E-state index in [0.29, 0.717) is 18.9 Å². The Morgan fingerprint density at radius 1 is 1.00 bits per heavy atom. The Kier molecular flexibility index (Phi) is 4.04. The van der Waals surface area contributed by atoms with Gasteiger partial charge in [0.1, 0.15) is 0 Å². The molecule has 0 bridgehead atoms. The fourth-order valence-electron chi connectivity index (χ4n) is 2.48. The first-order valence-electron chi connectivity index (χ1n) is 7.26. The van der Waals surface area contributed by atoms with Crippen LogP contribution in [0.2, 0.25) is 0 Å². The molecule has 6 nitrogen and oxygen atoms in total. The summed E-state index contributed by atoms with van der Waals surface area (Å²) < 4.78 is 13.8. The summed E-state index contributed by atoms with van der Waals surface area (Å²) in [6.07, 6.45) is 1.62. The van der Waals surface area contributed by atoms with Crippen molar-refractivity contribution < 1.29 is 4.39 Å². The third kappa shape index (κ3) is 2.93. The number of nitrogens with zero attached hydrogens (tertiary/aromatic N) is 6. The molecule has 0 N–H and O–H groups in total. The molecule has 2 aromatic rings. The molecule has 0 unspecified atom stereocenters. The standard InChI is InChI=1S/C15H19FN6/c1-20(2)13-5-6-14(19-18-13)21-8-10-22(11-9-21)15-12(16)4-3-7-17-15/h3-7H,8-11H2,1-2H3. The number of piperazine rings is 1. The molecule has 1 fully saturated rings. The van der Waals surface area contributed by atoms with Crippen LogP contribution >= 0.6 is 0 Å². The predicted octanol–water partition coefficient (Wildman–Crippen LogP) is 1.40. The lowest BCUT2D eigenvalue weighted by atomic mass is 10.3. The number of rotatable bonds is 3. The number of anilines is 3. The lowest BCUT2D eigenvalue weighted by Crippen LogP contribution is -2.47. The molecule has 7 heteroatoms. The second-order valence-electron chi connectivity index (χ2n) is 5.43. The Morgan fingerprint density at radius 3 is 2.32 bits per heavy atom. The maximum atomic E-state index is 13.8. The van der Waals surface area contributed by atoms with E-state index < -0.39 is 0 Å². The maximum Gasteiger partial charge on any atom is 0.165 e. The summed E-state index contributed by atoms with van der Waals surface area (Å²) in [5, 5.41) is 8.46. The summed E-state index contributed by atoms with van der Waals surface area (Å²) in [4.78, 5) is 10.2. The van der Waals surface area contributed by atoms with Gasteiger partial charge in [0.05, 0.1) is 0 Å². The zero-order valence-corrected chi connectivity index (χ0v) is 12.8. The van der Waals surface area contributed by atoms with E-state index in [-0.39, 0.29) is 5.82 Å². The molecule has 0 saturated carbocycles. The van der Waals surface area contributed by atoms with E-state index in [1.54, 1.807) is 12.3 Å². The van der Waals surface area contributed by atoms with E-state index in [4.69, 9.17) is 0 Å². The van der Waals surface area contributed by atoms with Gasteiger partial charge in [0.2, 0.25) is 0 Å². The molecule has 116 valence electrons. The quantitative estimate of drug-likeness (QED) is 0.854. The van der Waals surface area contributed by atoms with E-state index in [1.165, 1.54) is 6.07 Å². The van der Waals surface area contributed by atoms with Gasteiger partial charge in [0.25, 0.3) is 0 Å². The molecule has 0 spiro atoms. The van der Waals surface area contributed by atoms with Gasteiger partial charge in [-0.05, 0) is 24.3 Å². The van der Waals surface area contributed by atoms with E-state index in [9.17, 15) is 4.39 Å². The minimum atomic E-state index is -0.272. The van der Waals surface area contributed by atoms with Crippen LogP contribution in [0.25, 0.3) is 0 Å². The van der Waals surface area contributed by atoms with Crippen molar-refractivity contribution in [2.75, 3.05) is 55.0 Å². The van der Waals surface area contributed by atoms with Crippen molar-refractivity contribution >= 4 is 17.5 Å². The molecule has 1 aliphatic rings.